The monoisotopic (exact) mass is 879 g/mol. The first-order valence-corrected chi connectivity index (χ1v) is 20.4. The number of nitriles is 1. The van der Waals surface area contributed by atoms with Gasteiger partial charge in [-0.15, -0.1) is 48.0 Å². The average molecular weight is 879 g/mol. The van der Waals surface area contributed by atoms with E-state index in [1.165, 1.54) is 30.5 Å². The minimum Gasteiger partial charge on any atom is -0.486 e. The Kier molecular flexibility index (Phi) is 8.26. The maximum Gasteiger partial charge on any atom is 0.216 e. The summed E-state index contributed by atoms with van der Waals surface area (Å²) in [6, 6.07) is 23.5. The van der Waals surface area contributed by atoms with Gasteiger partial charge in [0.2, 0.25) is 5.71 Å². The number of fused-ring (bicyclic) bond motifs is 3. The number of hydrogen-bond donors (Lipinski definition) is 0. The predicted octanol–water partition coefficient (Wildman–Crippen LogP) is 10.7. The SMILES string of the molecule is [2H]C([2H])([2H])c1ccc2c(n1)oc1c(-c3cc(C([2H])([2H])[2H])c(C([2H])([2H])C4CCCC4)cn3)[c-]cc(C#N)c12.[2H]C([2H])(c1cc(-c2[c-]cccc2)ncc1[Si](C)(C)C)C(C)(C)C.[Ir]. The summed E-state index contributed by atoms with van der Waals surface area (Å²) in [6.07, 6.45) is 3.07. The molecule has 4 aromatic heterocycles. The second-order valence-corrected chi connectivity index (χ2v) is 19.8. The molecule has 0 amide bonds. The van der Waals surface area contributed by atoms with Crippen LogP contribution < -0.4 is 5.19 Å². The van der Waals surface area contributed by atoms with Crippen LogP contribution in [0.25, 0.3) is 44.6 Å². The molecule has 0 N–H and O–H groups in total. The summed E-state index contributed by atoms with van der Waals surface area (Å²) in [5.41, 5.74) is 2.59. The van der Waals surface area contributed by atoms with Crippen LogP contribution in [0.2, 0.25) is 19.6 Å². The first-order chi connectivity index (χ1) is 27.8. The third kappa shape index (κ3) is 8.93. The van der Waals surface area contributed by atoms with Gasteiger partial charge >= 0.3 is 0 Å². The van der Waals surface area contributed by atoms with Gasteiger partial charge in [0.15, 0.2) is 0 Å². The van der Waals surface area contributed by atoms with Gasteiger partial charge < -0.3 is 14.4 Å². The summed E-state index contributed by atoms with van der Waals surface area (Å²) in [5, 5.41) is 11.6. The van der Waals surface area contributed by atoms with E-state index in [1.54, 1.807) is 0 Å². The normalized spacial score (nSPS) is 17.4. The zero-order valence-corrected chi connectivity index (χ0v) is 33.2. The topological polar surface area (TPSA) is 75.6 Å². The number of benzene rings is 2. The fraction of sp³-hybridized carbons (Fsp3) is 0.364. The van der Waals surface area contributed by atoms with E-state index in [4.69, 9.17) is 18.1 Å². The van der Waals surface area contributed by atoms with Crippen LogP contribution in [0.4, 0.5) is 0 Å². The fourth-order valence-corrected chi connectivity index (χ4v) is 7.63. The maximum atomic E-state index is 9.69. The van der Waals surface area contributed by atoms with Gasteiger partial charge in [-0.2, -0.15) is 0 Å². The van der Waals surface area contributed by atoms with Crippen LogP contribution in [0.5, 0.6) is 0 Å². The summed E-state index contributed by atoms with van der Waals surface area (Å²) in [5.74, 6) is -0.289. The quantitative estimate of drug-likeness (QED) is 0.123. The van der Waals surface area contributed by atoms with E-state index >= 15 is 0 Å². The van der Waals surface area contributed by atoms with Gasteiger partial charge in [0, 0.05) is 63.4 Å². The molecular formula is C44H48IrN4OSi-2. The van der Waals surface area contributed by atoms with Crippen molar-refractivity contribution in [1.29, 1.82) is 5.26 Å². The number of aromatic nitrogens is 3. The van der Waals surface area contributed by atoms with E-state index in [-0.39, 0.29) is 71.0 Å². The molecule has 265 valence electrons. The van der Waals surface area contributed by atoms with Gasteiger partial charge in [0.1, 0.15) is 0 Å². The van der Waals surface area contributed by atoms with Crippen molar-refractivity contribution >= 4 is 35.3 Å². The molecule has 1 fully saturated rings. The van der Waals surface area contributed by atoms with Crippen LogP contribution >= 0.6 is 0 Å². The third-order valence-electron chi connectivity index (χ3n) is 8.61. The minimum absolute atomic E-state index is 0. The minimum atomic E-state index is -2.60. The van der Waals surface area contributed by atoms with E-state index in [0.717, 1.165) is 34.8 Å². The number of hydrogen-bond acceptors (Lipinski definition) is 5. The van der Waals surface area contributed by atoms with Crippen molar-refractivity contribution in [2.24, 2.45) is 11.3 Å². The Morgan fingerprint density at radius 3 is 2.45 bits per heavy atom. The number of nitrogens with zero attached hydrogens (tertiary/aromatic N) is 4. The number of aryl methyl sites for hydroxylation is 2. The molecule has 2 aromatic carbocycles. The molecule has 7 rings (SSSR count). The molecule has 0 atom stereocenters. The Bertz CT molecular complexity index is 2580. The summed E-state index contributed by atoms with van der Waals surface area (Å²) in [6.45, 7) is 7.52. The molecule has 0 spiro atoms. The van der Waals surface area contributed by atoms with Crippen molar-refractivity contribution in [3.05, 3.63) is 107 Å². The first kappa shape index (κ1) is 26.8. The van der Waals surface area contributed by atoms with E-state index < -0.39 is 39.9 Å². The van der Waals surface area contributed by atoms with Crippen LogP contribution in [0.15, 0.2) is 71.4 Å². The van der Waals surface area contributed by atoms with Crippen molar-refractivity contribution in [2.75, 3.05) is 0 Å². The second-order valence-electron chi connectivity index (χ2n) is 14.8. The van der Waals surface area contributed by atoms with E-state index in [9.17, 15) is 5.26 Å². The third-order valence-corrected chi connectivity index (χ3v) is 10.6. The van der Waals surface area contributed by atoms with Gasteiger partial charge in [-0.3, -0.25) is 0 Å². The van der Waals surface area contributed by atoms with Gasteiger partial charge in [-0.1, -0.05) is 94.9 Å². The van der Waals surface area contributed by atoms with Crippen molar-refractivity contribution in [2.45, 2.75) is 92.5 Å². The summed E-state index contributed by atoms with van der Waals surface area (Å²) < 4.78 is 88.2. The van der Waals surface area contributed by atoms with Crippen molar-refractivity contribution in [1.82, 2.24) is 15.0 Å². The Morgan fingerprint density at radius 1 is 1.00 bits per heavy atom. The number of pyridine rings is 3. The molecule has 0 saturated heterocycles. The van der Waals surface area contributed by atoms with Crippen LogP contribution in [-0.2, 0) is 32.9 Å². The zero-order valence-electron chi connectivity index (χ0n) is 39.8. The second kappa shape index (κ2) is 15.7. The smallest absolute Gasteiger partial charge is 0.216 e. The van der Waals surface area contributed by atoms with E-state index in [0.29, 0.717) is 23.6 Å². The van der Waals surface area contributed by atoms with Gasteiger partial charge in [0.05, 0.1) is 13.7 Å². The van der Waals surface area contributed by atoms with Crippen LogP contribution in [0.3, 0.4) is 0 Å². The Labute approximate surface area is 332 Å². The average Bonchev–Trinajstić information content (AvgIpc) is 3.86. The van der Waals surface area contributed by atoms with Gasteiger partial charge in [-0.25, -0.2) is 10.2 Å². The number of furan rings is 1. The van der Waals surface area contributed by atoms with Crippen LogP contribution in [0.1, 0.15) is 88.1 Å². The van der Waals surface area contributed by atoms with E-state index in [2.05, 4.69) is 52.8 Å². The molecule has 1 aliphatic rings. The zero-order chi connectivity index (χ0) is 44.2. The molecule has 0 bridgehead atoms. The van der Waals surface area contributed by atoms with E-state index in [1.807, 2.05) is 57.3 Å². The Balaban J connectivity index is 0.000000253. The Morgan fingerprint density at radius 2 is 1.78 bits per heavy atom. The molecule has 1 saturated carbocycles. The molecule has 0 unspecified atom stereocenters. The predicted molar refractivity (Wildman–Crippen MR) is 208 cm³/mol. The Hall–Kier alpha value is -3.95. The maximum absolute atomic E-state index is 9.69. The molecular weight excluding hydrogens is 821 g/mol. The number of rotatable bonds is 6. The molecule has 5 nitrogen and oxygen atoms in total. The molecule has 1 aliphatic carbocycles. The largest absolute Gasteiger partial charge is 0.486 e. The van der Waals surface area contributed by atoms with Crippen LogP contribution in [0, 0.1) is 48.5 Å². The molecule has 4 heterocycles. The summed E-state index contributed by atoms with van der Waals surface area (Å²) in [7, 11) is -1.70. The van der Waals surface area contributed by atoms with Crippen molar-refractivity contribution in [3.63, 3.8) is 0 Å². The molecule has 7 heteroatoms. The van der Waals surface area contributed by atoms with Crippen LogP contribution in [-0.4, -0.2) is 23.0 Å². The molecule has 51 heavy (non-hydrogen) atoms. The van der Waals surface area contributed by atoms with Crippen molar-refractivity contribution in [3.8, 4) is 28.6 Å². The standard InChI is InChI=1S/C25H22N3O.C19H26NSi.Ir/c1-15-11-22(27-14-19(15)12-17-5-3-4-6-17)20-10-8-18(13-26)23-21-9-7-16(2)28-25(21)29-24(20)23;1-19(2,3)13-16-12-17(15-10-8-7-9-11-15)20-14-18(16)21(4,5)6;/h7-9,11,14,17H,3-6,12H2,1-2H3;7-10,12,14H,13H2,1-6H3;/q2*-1;/i1D3,2D3,12D2;13D2;. The van der Waals surface area contributed by atoms with Gasteiger partial charge in [0.25, 0.3) is 0 Å². The summed E-state index contributed by atoms with van der Waals surface area (Å²) >= 11 is 0. The fourth-order valence-electron chi connectivity index (χ4n) is 6.24. The molecule has 0 aliphatic heterocycles. The van der Waals surface area contributed by atoms with Gasteiger partial charge in [-0.05, 0) is 83.0 Å². The van der Waals surface area contributed by atoms with Crippen molar-refractivity contribution < 1.29 is 38.2 Å². The first-order valence-electron chi connectivity index (χ1n) is 21.9. The molecule has 6 aromatic rings. The summed E-state index contributed by atoms with van der Waals surface area (Å²) in [4.78, 5) is 13.2. The molecule has 1 radical (unpaired) electrons.